The fourth-order valence-corrected chi connectivity index (χ4v) is 4.03. The monoisotopic (exact) mass is 517 g/mol. The van der Waals surface area contributed by atoms with E-state index in [4.69, 9.17) is 44.3 Å². The van der Waals surface area contributed by atoms with Gasteiger partial charge in [0.1, 0.15) is 6.61 Å². The Bertz CT molecular complexity index is 1020. The summed E-state index contributed by atoms with van der Waals surface area (Å²) in [5.41, 5.74) is 1.71. The Balaban J connectivity index is 1.90. The van der Waals surface area contributed by atoms with Gasteiger partial charge in [-0.1, -0.05) is 34.8 Å². The number of carbonyl (C=O) groups is 2. The number of halogens is 4. The van der Waals surface area contributed by atoms with Gasteiger partial charge in [0.15, 0.2) is 11.5 Å². The van der Waals surface area contributed by atoms with Gasteiger partial charge in [-0.25, -0.2) is 0 Å². The Morgan fingerprint density at radius 2 is 1.90 bits per heavy atom. The first-order valence-electron chi connectivity index (χ1n) is 8.55. The molecule has 1 N–H and O–H groups in total. The summed E-state index contributed by atoms with van der Waals surface area (Å²) in [5, 5.41) is 3.42. The lowest BCUT2D eigenvalue weighted by Crippen LogP contribution is -2.19. The molecule has 0 bridgehead atoms. The van der Waals surface area contributed by atoms with Gasteiger partial charge in [0.05, 0.1) is 27.5 Å². The maximum atomic E-state index is 11.8. The Labute approximate surface area is 191 Å². The highest BCUT2D eigenvalue weighted by Crippen LogP contribution is 2.39. The highest BCUT2D eigenvalue weighted by molar-refractivity contribution is 9.10. The zero-order valence-electron chi connectivity index (χ0n) is 15.2. The van der Waals surface area contributed by atoms with Crippen LogP contribution in [0.4, 0.5) is 0 Å². The zero-order chi connectivity index (χ0) is 21.1. The van der Waals surface area contributed by atoms with Gasteiger partial charge in [-0.2, -0.15) is 0 Å². The van der Waals surface area contributed by atoms with Gasteiger partial charge in [0.2, 0.25) is 5.91 Å². The van der Waals surface area contributed by atoms with Crippen molar-refractivity contribution < 1.29 is 19.1 Å². The summed E-state index contributed by atoms with van der Waals surface area (Å²) in [6.45, 7) is 2.38. The maximum Gasteiger partial charge on any atom is 0.254 e. The van der Waals surface area contributed by atoms with E-state index in [1.54, 1.807) is 30.3 Å². The van der Waals surface area contributed by atoms with Crippen LogP contribution in [-0.2, 0) is 16.2 Å². The highest BCUT2D eigenvalue weighted by Gasteiger charge is 2.24. The summed E-state index contributed by atoms with van der Waals surface area (Å²) in [5.74, 6) is 0.232. The molecule has 0 aromatic heterocycles. The smallest absolute Gasteiger partial charge is 0.254 e. The van der Waals surface area contributed by atoms with E-state index in [2.05, 4.69) is 21.2 Å². The van der Waals surface area contributed by atoms with Crippen LogP contribution in [0.25, 0.3) is 6.08 Å². The largest absolute Gasteiger partial charge is 0.490 e. The number of nitrogens with one attached hydrogen (secondary N) is 1. The molecule has 0 aliphatic carbocycles. The van der Waals surface area contributed by atoms with Crippen molar-refractivity contribution in [2.24, 2.45) is 0 Å². The third-order valence-electron chi connectivity index (χ3n) is 4.01. The lowest BCUT2D eigenvalue weighted by atomic mass is 10.1. The molecule has 2 aromatic rings. The van der Waals surface area contributed by atoms with E-state index in [0.29, 0.717) is 54.3 Å². The van der Waals surface area contributed by atoms with Gasteiger partial charge in [-0.3, -0.25) is 14.9 Å². The third-order valence-corrected chi connectivity index (χ3v) is 5.66. The molecular weight excluding hydrogens is 504 g/mol. The van der Waals surface area contributed by atoms with Crippen molar-refractivity contribution in [1.29, 1.82) is 0 Å². The molecule has 1 aliphatic heterocycles. The summed E-state index contributed by atoms with van der Waals surface area (Å²) in [4.78, 5) is 23.2. The number of imide groups is 1. The second kappa shape index (κ2) is 9.39. The molecule has 3 rings (SSSR count). The Hall–Kier alpha value is -1.73. The lowest BCUT2D eigenvalue weighted by Gasteiger charge is -2.16. The molecule has 152 valence electrons. The lowest BCUT2D eigenvalue weighted by molar-refractivity contribution is -0.124. The number of hydrogen-bond donors (Lipinski definition) is 1. The number of carbonyl (C=O) groups excluding carboxylic acids is 2. The molecule has 2 amide bonds. The first kappa shape index (κ1) is 22.0. The molecule has 0 radical (unpaired) electrons. The minimum Gasteiger partial charge on any atom is -0.490 e. The molecule has 0 unspecified atom stereocenters. The molecular formula is C20H15BrCl3NO4. The van der Waals surface area contributed by atoms with Crippen molar-refractivity contribution in [1.82, 2.24) is 5.32 Å². The maximum absolute atomic E-state index is 11.8. The fraction of sp³-hybridized carbons (Fsp3) is 0.200. The molecule has 5 nitrogen and oxygen atoms in total. The minimum absolute atomic E-state index is 0.0483. The van der Waals surface area contributed by atoms with Gasteiger partial charge in [-0.05, 0) is 58.8 Å². The average molecular weight is 520 g/mol. The van der Waals surface area contributed by atoms with Gasteiger partial charge >= 0.3 is 0 Å². The van der Waals surface area contributed by atoms with E-state index >= 15 is 0 Å². The molecule has 0 spiro atoms. The molecule has 29 heavy (non-hydrogen) atoms. The summed E-state index contributed by atoms with van der Waals surface area (Å²) < 4.78 is 12.2. The van der Waals surface area contributed by atoms with Crippen LogP contribution in [0.5, 0.6) is 11.5 Å². The average Bonchev–Trinajstić information content (AvgIpc) is 2.95. The third kappa shape index (κ3) is 5.25. The van der Waals surface area contributed by atoms with E-state index in [9.17, 15) is 9.59 Å². The summed E-state index contributed by atoms with van der Waals surface area (Å²) in [6.07, 6.45) is 1.69. The van der Waals surface area contributed by atoms with Crippen LogP contribution in [0.15, 0.2) is 34.3 Å². The van der Waals surface area contributed by atoms with Crippen LogP contribution in [0.2, 0.25) is 15.1 Å². The molecule has 1 saturated heterocycles. The van der Waals surface area contributed by atoms with Crippen LogP contribution < -0.4 is 14.8 Å². The zero-order valence-corrected chi connectivity index (χ0v) is 19.0. The standard InChI is InChI=1S/C20H15BrCl3NO4/c1-2-28-16-5-10(3-11-7-17(26)25-20(11)27)4-14(21)19(16)29-9-12-6-13(22)8-15(23)18(12)24/h3-6,8H,2,7,9H2,1H3,(H,25,26,27)/b11-3+. The molecule has 2 aromatic carbocycles. The van der Waals surface area contributed by atoms with Crippen LogP contribution in [0.1, 0.15) is 24.5 Å². The van der Waals surface area contributed by atoms with Crippen LogP contribution in [-0.4, -0.2) is 18.4 Å². The first-order chi connectivity index (χ1) is 13.8. The molecule has 9 heteroatoms. The van der Waals surface area contributed by atoms with E-state index in [1.807, 2.05) is 6.92 Å². The number of rotatable bonds is 6. The highest BCUT2D eigenvalue weighted by atomic mass is 79.9. The Morgan fingerprint density at radius 3 is 2.55 bits per heavy atom. The molecule has 1 aliphatic rings. The summed E-state index contributed by atoms with van der Waals surface area (Å²) in [6, 6.07) is 6.74. The normalized spacial score (nSPS) is 15.0. The Morgan fingerprint density at radius 1 is 1.14 bits per heavy atom. The van der Waals surface area contributed by atoms with E-state index in [0.717, 1.165) is 0 Å². The van der Waals surface area contributed by atoms with E-state index in [1.165, 1.54) is 0 Å². The van der Waals surface area contributed by atoms with Crippen LogP contribution in [0.3, 0.4) is 0 Å². The second-order valence-electron chi connectivity index (χ2n) is 6.14. The SMILES string of the molecule is CCOc1cc(/C=C2\CC(=O)NC2=O)cc(Br)c1OCc1cc(Cl)cc(Cl)c1Cl. The molecule has 1 heterocycles. The summed E-state index contributed by atoms with van der Waals surface area (Å²) in [7, 11) is 0. The topological polar surface area (TPSA) is 64.6 Å². The van der Waals surface area contributed by atoms with Crippen LogP contribution >= 0.6 is 50.7 Å². The number of amides is 2. The fourth-order valence-electron chi connectivity index (χ4n) is 2.76. The molecule has 0 atom stereocenters. The summed E-state index contributed by atoms with van der Waals surface area (Å²) >= 11 is 21.8. The number of ether oxygens (including phenoxy) is 2. The van der Waals surface area contributed by atoms with Crippen LogP contribution in [0, 0.1) is 0 Å². The van der Waals surface area contributed by atoms with E-state index < -0.39 is 5.91 Å². The van der Waals surface area contributed by atoms with E-state index in [-0.39, 0.29) is 18.9 Å². The van der Waals surface area contributed by atoms with Crippen molar-refractivity contribution in [3.8, 4) is 11.5 Å². The number of benzene rings is 2. The van der Waals surface area contributed by atoms with Gasteiger partial charge in [0.25, 0.3) is 5.91 Å². The quantitative estimate of drug-likeness (QED) is 0.297. The van der Waals surface area contributed by atoms with Gasteiger partial charge in [-0.15, -0.1) is 0 Å². The predicted molar refractivity (Wildman–Crippen MR) is 117 cm³/mol. The Kier molecular flexibility index (Phi) is 7.11. The first-order valence-corrected chi connectivity index (χ1v) is 10.5. The molecule has 1 fully saturated rings. The van der Waals surface area contributed by atoms with Crippen molar-refractivity contribution in [2.75, 3.05) is 6.61 Å². The minimum atomic E-state index is -0.392. The second-order valence-corrected chi connectivity index (χ2v) is 8.21. The van der Waals surface area contributed by atoms with Crippen molar-refractivity contribution in [3.63, 3.8) is 0 Å². The van der Waals surface area contributed by atoms with Crippen molar-refractivity contribution in [2.45, 2.75) is 20.0 Å². The van der Waals surface area contributed by atoms with Gasteiger partial charge < -0.3 is 9.47 Å². The van der Waals surface area contributed by atoms with Crippen molar-refractivity contribution in [3.05, 3.63) is 60.5 Å². The predicted octanol–water partition coefficient (Wildman–Crippen LogP) is 5.82. The molecule has 0 saturated carbocycles. The number of hydrogen-bond acceptors (Lipinski definition) is 4. The van der Waals surface area contributed by atoms with Gasteiger partial charge in [0, 0.05) is 16.2 Å². The van der Waals surface area contributed by atoms with Crippen molar-refractivity contribution >= 4 is 68.6 Å².